The molecule has 0 spiro atoms. The van der Waals surface area contributed by atoms with Crippen LogP contribution in [0.3, 0.4) is 0 Å². The maximum absolute atomic E-state index is 13.0. The van der Waals surface area contributed by atoms with Crippen LogP contribution in [0.5, 0.6) is 0 Å². The molecule has 1 aromatic rings. The summed E-state index contributed by atoms with van der Waals surface area (Å²) < 4.78 is 26.0. The minimum absolute atomic E-state index is 0.0733. The van der Waals surface area contributed by atoms with Crippen molar-refractivity contribution in [2.24, 2.45) is 5.92 Å². The largest absolute Gasteiger partial charge is 0.388 e. The molecule has 0 amide bonds. The van der Waals surface area contributed by atoms with E-state index in [0.29, 0.717) is 17.9 Å². The fourth-order valence-corrected chi connectivity index (χ4v) is 2.44. The summed E-state index contributed by atoms with van der Waals surface area (Å²) in [7, 11) is 0. The normalized spacial score (nSPS) is 22.4. The fraction of sp³-hybridized carbons (Fsp3) is 0.538. The third kappa shape index (κ3) is 3.17. The Morgan fingerprint density at radius 1 is 1.18 bits per heavy atom. The lowest BCUT2D eigenvalue weighted by Gasteiger charge is -2.31. The predicted molar refractivity (Wildman–Crippen MR) is 63.3 cm³/mol. The van der Waals surface area contributed by atoms with Crippen LogP contribution in [0.25, 0.3) is 0 Å². The summed E-state index contributed by atoms with van der Waals surface area (Å²) in [6, 6.07) is 6.91. The molecule has 1 N–H and O–H groups in total. The highest BCUT2D eigenvalue weighted by Gasteiger charge is 2.37. The zero-order valence-electron chi connectivity index (χ0n) is 9.37. The van der Waals surface area contributed by atoms with Gasteiger partial charge in [-0.05, 0) is 36.5 Å². The molecule has 1 atom stereocenters. The number of benzene rings is 1. The van der Waals surface area contributed by atoms with Crippen molar-refractivity contribution in [3.05, 3.63) is 34.9 Å². The van der Waals surface area contributed by atoms with E-state index in [-0.39, 0.29) is 18.8 Å². The molecule has 1 aliphatic carbocycles. The van der Waals surface area contributed by atoms with Crippen LogP contribution in [0.4, 0.5) is 8.78 Å². The molecule has 0 radical (unpaired) electrons. The Labute approximate surface area is 104 Å². The molecule has 4 heteroatoms. The quantitative estimate of drug-likeness (QED) is 0.845. The molecule has 94 valence electrons. The Balaban J connectivity index is 2.01. The van der Waals surface area contributed by atoms with E-state index >= 15 is 0 Å². The molecular weight excluding hydrogens is 246 g/mol. The maximum Gasteiger partial charge on any atom is 0.248 e. The monoisotopic (exact) mass is 260 g/mol. The van der Waals surface area contributed by atoms with Gasteiger partial charge in [-0.25, -0.2) is 8.78 Å². The third-order valence-corrected chi connectivity index (χ3v) is 3.67. The molecule has 1 unspecified atom stereocenters. The Bertz CT molecular complexity index is 368. The molecular formula is C13H15ClF2O. The van der Waals surface area contributed by atoms with Gasteiger partial charge in [0.1, 0.15) is 0 Å². The minimum atomic E-state index is -2.55. The Kier molecular flexibility index (Phi) is 3.69. The second-order valence-corrected chi connectivity index (χ2v) is 5.13. The van der Waals surface area contributed by atoms with Crippen molar-refractivity contribution in [1.29, 1.82) is 0 Å². The van der Waals surface area contributed by atoms with Gasteiger partial charge in [-0.3, -0.25) is 0 Å². The molecule has 1 nitrogen and oxygen atoms in total. The predicted octanol–water partition coefficient (Wildman–Crippen LogP) is 4.20. The summed E-state index contributed by atoms with van der Waals surface area (Å²) in [5, 5.41) is 10.7. The van der Waals surface area contributed by atoms with Gasteiger partial charge in [-0.2, -0.15) is 0 Å². The molecule has 0 bridgehead atoms. The second kappa shape index (κ2) is 4.91. The van der Waals surface area contributed by atoms with Crippen LogP contribution in [0.1, 0.15) is 37.4 Å². The number of alkyl halides is 2. The van der Waals surface area contributed by atoms with Gasteiger partial charge in [0.2, 0.25) is 5.92 Å². The van der Waals surface area contributed by atoms with Crippen LogP contribution < -0.4 is 0 Å². The minimum Gasteiger partial charge on any atom is -0.388 e. The highest BCUT2D eigenvalue weighted by atomic mass is 35.5. The van der Waals surface area contributed by atoms with Gasteiger partial charge in [-0.1, -0.05) is 23.7 Å². The van der Waals surface area contributed by atoms with Crippen LogP contribution in [-0.4, -0.2) is 11.0 Å². The lowest BCUT2D eigenvalue weighted by molar-refractivity contribution is -0.0627. The summed E-state index contributed by atoms with van der Waals surface area (Å²) in [5.41, 5.74) is 0.754. The number of aliphatic hydroxyl groups is 1. The van der Waals surface area contributed by atoms with Crippen molar-refractivity contribution in [1.82, 2.24) is 0 Å². The smallest absolute Gasteiger partial charge is 0.248 e. The second-order valence-electron chi connectivity index (χ2n) is 4.69. The number of hydrogen-bond donors (Lipinski definition) is 1. The van der Waals surface area contributed by atoms with Crippen molar-refractivity contribution in [3.63, 3.8) is 0 Å². The van der Waals surface area contributed by atoms with E-state index < -0.39 is 12.0 Å². The average Bonchev–Trinajstić information content (AvgIpc) is 2.29. The van der Waals surface area contributed by atoms with Gasteiger partial charge < -0.3 is 5.11 Å². The fourth-order valence-electron chi connectivity index (χ4n) is 2.31. The highest BCUT2D eigenvalue weighted by Crippen LogP contribution is 2.41. The van der Waals surface area contributed by atoms with Crippen molar-refractivity contribution >= 4 is 11.6 Å². The molecule has 1 aliphatic rings. The van der Waals surface area contributed by atoms with E-state index in [0.717, 1.165) is 5.56 Å². The van der Waals surface area contributed by atoms with Crippen LogP contribution >= 0.6 is 11.6 Å². The molecule has 1 aromatic carbocycles. The third-order valence-electron chi connectivity index (χ3n) is 3.42. The first-order valence-corrected chi connectivity index (χ1v) is 6.17. The lowest BCUT2D eigenvalue weighted by atomic mass is 9.81. The zero-order valence-corrected chi connectivity index (χ0v) is 10.1. The van der Waals surface area contributed by atoms with E-state index in [9.17, 15) is 13.9 Å². The van der Waals surface area contributed by atoms with Crippen molar-refractivity contribution in [2.45, 2.75) is 37.7 Å². The van der Waals surface area contributed by atoms with Gasteiger partial charge in [0.25, 0.3) is 0 Å². The van der Waals surface area contributed by atoms with Crippen molar-refractivity contribution < 1.29 is 13.9 Å². The van der Waals surface area contributed by atoms with Gasteiger partial charge in [0.05, 0.1) is 6.10 Å². The van der Waals surface area contributed by atoms with E-state index in [2.05, 4.69) is 0 Å². The summed E-state index contributed by atoms with van der Waals surface area (Å²) in [6.45, 7) is 0. The van der Waals surface area contributed by atoms with Gasteiger partial charge in [-0.15, -0.1) is 0 Å². The number of aliphatic hydroxyl groups excluding tert-OH is 1. The van der Waals surface area contributed by atoms with Crippen LogP contribution in [0, 0.1) is 5.92 Å². The van der Waals surface area contributed by atoms with Crippen LogP contribution in [0.15, 0.2) is 24.3 Å². The summed E-state index contributed by atoms with van der Waals surface area (Å²) in [6.07, 6.45) is -0.165. The first-order chi connectivity index (χ1) is 7.98. The first kappa shape index (κ1) is 12.8. The van der Waals surface area contributed by atoms with Crippen molar-refractivity contribution in [3.8, 4) is 0 Å². The summed E-state index contributed by atoms with van der Waals surface area (Å²) in [4.78, 5) is 0. The SMILES string of the molecule is OC(c1ccc(Cl)cc1)C1CCC(F)(F)CC1. The lowest BCUT2D eigenvalue weighted by Crippen LogP contribution is -2.27. The molecule has 0 aromatic heterocycles. The van der Waals surface area contributed by atoms with E-state index in [4.69, 9.17) is 11.6 Å². The van der Waals surface area contributed by atoms with Crippen molar-refractivity contribution in [2.75, 3.05) is 0 Å². The Hall–Kier alpha value is -0.670. The standard InChI is InChI=1S/C13H15ClF2O/c14-11-3-1-9(2-4-11)12(17)10-5-7-13(15,16)8-6-10/h1-4,10,12,17H,5-8H2. The summed E-state index contributed by atoms with van der Waals surface area (Å²) in [5.74, 6) is -2.62. The number of halogens is 3. The molecule has 0 saturated heterocycles. The molecule has 1 saturated carbocycles. The topological polar surface area (TPSA) is 20.2 Å². The molecule has 17 heavy (non-hydrogen) atoms. The Morgan fingerprint density at radius 3 is 2.24 bits per heavy atom. The van der Waals surface area contributed by atoms with Crippen LogP contribution in [0.2, 0.25) is 5.02 Å². The molecule has 2 rings (SSSR count). The highest BCUT2D eigenvalue weighted by molar-refractivity contribution is 6.30. The van der Waals surface area contributed by atoms with Gasteiger partial charge in [0, 0.05) is 17.9 Å². The van der Waals surface area contributed by atoms with Gasteiger partial charge >= 0.3 is 0 Å². The number of hydrogen-bond acceptors (Lipinski definition) is 1. The van der Waals surface area contributed by atoms with E-state index in [1.807, 2.05) is 0 Å². The van der Waals surface area contributed by atoms with E-state index in [1.165, 1.54) is 0 Å². The first-order valence-electron chi connectivity index (χ1n) is 5.79. The molecule has 1 fully saturated rings. The maximum atomic E-state index is 13.0. The number of rotatable bonds is 2. The summed E-state index contributed by atoms with van der Waals surface area (Å²) >= 11 is 5.76. The van der Waals surface area contributed by atoms with E-state index in [1.54, 1.807) is 24.3 Å². The Morgan fingerprint density at radius 2 is 1.71 bits per heavy atom. The zero-order chi connectivity index (χ0) is 12.5. The molecule has 0 heterocycles. The van der Waals surface area contributed by atoms with Crippen LogP contribution in [-0.2, 0) is 0 Å². The molecule has 0 aliphatic heterocycles. The average molecular weight is 261 g/mol. The van der Waals surface area contributed by atoms with Gasteiger partial charge in [0.15, 0.2) is 0 Å².